The average molecular weight is 316 g/mol. The van der Waals surface area contributed by atoms with Gasteiger partial charge in [0.2, 0.25) is 0 Å². The van der Waals surface area contributed by atoms with E-state index in [0.29, 0.717) is 5.75 Å². The zero-order valence-corrected chi connectivity index (χ0v) is 12.0. The van der Waals surface area contributed by atoms with Crippen molar-refractivity contribution >= 4 is 27.3 Å². The minimum absolute atomic E-state index is 0.163. The van der Waals surface area contributed by atoms with Gasteiger partial charge in [0.25, 0.3) is 10.0 Å². The Morgan fingerprint density at radius 1 is 1.20 bits per heavy atom. The van der Waals surface area contributed by atoms with Crippen molar-refractivity contribution in [3.63, 3.8) is 0 Å². The van der Waals surface area contributed by atoms with Crippen LogP contribution in [-0.4, -0.2) is 15.5 Å². The van der Waals surface area contributed by atoms with E-state index in [0.717, 1.165) is 6.07 Å². The molecule has 0 saturated carbocycles. The molecule has 7 heteroatoms. The number of nitrogens with one attached hydrogen (secondary N) is 1. The van der Waals surface area contributed by atoms with Crippen LogP contribution in [0.3, 0.4) is 0 Å². The molecule has 0 aliphatic rings. The second-order valence-electron chi connectivity index (χ2n) is 3.91. The van der Waals surface area contributed by atoms with Gasteiger partial charge in [-0.25, -0.2) is 12.8 Å². The van der Waals surface area contributed by atoms with Crippen molar-refractivity contribution in [2.45, 2.75) is 4.90 Å². The van der Waals surface area contributed by atoms with E-state index in [1.165, 1.54) is 43.5 Å². The zero-order valence-electron chi connectivity index (χ0n) is 10.4. The number of hydrogen-bond acceptors (Lipinski definition) is 3. The minimum Gasteiger partial charge on any atom is -0.495 e. The maximum Gasteiger partial charge on any atom is 0.261 e. The summed E-state index contributed by atoms with van der Waals surface area (Å²) in [6.07, 6.45) is 0. The largest absolute Gasteiger partial charge is 0.495 e. The Kier molecular flexibility index (Phi) is 4.15. The first kappa shape index (κ1) is 14.6. The first-order valence-electron chi connectivity index (χ1n) is 5.54. The molecule has 20 heavy (non-hydrogen) atoms. The molecule has 2 aromatic rings. The molecule has 0 radical (unpaired) electrons. The molecular weight excluding hydrogens is 305 g/mol. The lowest BCUT2D eigenvalue weighted by Crippen LogP contribution is -2.13. The summed E-state index contributed by atoms with van der Waals surface area (Å²) in [6, 6.07) is 9.18. The fourth-order valence-corrected chi connectivity index (χ4v) is 2.92. The summed E-state index contributed by atoms with van der Waals surface area (Å²) in [5.74, 6) is -0.194. The molecule has 0 amide bonds. The zero-order chi connectivity index (χ0) is 14.8. The molecule has 106 valence electrons. The minimum atomic E-state index is -3.86. The van der Waals surface area contributed by atoms with Gasteiger partial charge in [-0.05, 0) is 36.4 Å². The van der Waals surface area contributed by atoms with Crippen molar-refractivity contribution < 1.29 is 17.5 Å². The highest BCUT2D eigenvalue weighted by Gasteiger charge is 2.15. The SMILES string of the molecule is COc1ccc(NS(=O)(=O)c2cccc(F)c2)cc1Cl. The number of methoxy groups -OCH3 is 1. The van der Waals surface area contributed by atoms with E-state index in [-0.39, 0.29) is 15.6 Å². The van der Waals surface area contributed by atoms with Crippen LogP contribution in [0.2, 0.25) is 5.02 Å². The molecule has 2 rings (SSSR count). The van der Waals surface area contributed by atoms with Crippen molar-refractivity contribution in [2.24, 2.45) is 0 Å². The molecule has 4 nitrogen and oxygen atoms in total. The molecule has 0 saturated heterocycles. The van der Waals surface area contributed by atoms with Gasteiger partial charge in [0, 0.05) is 0 Å². The lowest BCUT2D eigenvalue weighted by Gasteiger charge is -2.10. The number of rotatable bonds is 4. The van der Waals surface area contributed by atoms with E-state index in [4.69, 9.17) is 16.3 Å². The van der Waals surface area contributed by atoms with Gasteiger partial charge in [0.05, 0.1) is 22.7 Å². The first-order valence-corrected chi connectivity index (χ1v) is 7.40. The fourth-order valence-electron chi connectivity index (χ4n) is 1.58. The summed E-state index contributed by atoms with van der Waals surface area (Å²) in [5, 5.41) is 0.270. The molecule has 0 fully saturated rings. The van der Waals surface area contributed by atoms with E-state index >= 15 is 0 Å². The van der Waals surface area contributed by atoms with Gasteiger partial charge in [0.15, 0.2) is 0 Å². The van der Waals surface area contributed by atoms with E-state index in [1.54, 1.807) is 0 Å². The van der Waals surface area contributed by atoms with Crippen LogP contribution < -0.4 is 9.46 Å². The highest BCUT2D eigenvalue weighted by molar-refractivity contribution is 7.92. The van der Waals surface area contributed by atoms with Crippen LogP contribution in [0.4, 0.5) is 10.1 Å². The summed E-state index contributed by atoms with van der Waals surface area (Å²) < 4.78 is 44.5. The van der Waals surface area contributed by atoms with Crippen LogP contribution in [0, 0.1) is 5.82 Å². The normalized spacial score (nSPS) is 11.2. The van der Waals surface area contributed by atoms with Crippen LogP contribution in [0.1, 0.15) is 0 Å². The second-order valence-corrected chi connectivity index (χ2v) is 6.00. The summed E-state index contributed by atoms with van der Waals surface area (Å²) in [6.45, 7) is 0. The Morgan fingerprint density at radius 2 is 1.95 bits per heavy atom. The molecule has 0 aromatic heterocycles. The van der Waals surface area contributed by atoms with Gasteiger partial charge in [0.1, 0.15) is 11.6 Å². The molecule has 0 atom stereocenters. The predicted molar refractivity (Wildman–Crippen MR) is 75.2 cm³/mol. The molecule has 0 heterocycles. The molecular formula is C13H11ClFNO3S. The topological polar surface area (TPSA) is 55.4 Å². The number of ether oxygens (including phenoxy) is 1. The van der Waals surface area contributed by atoms with Gasteiger partial charge in [-0.1, -0.05) is 17.7 Å². The average Bonchev–Trinajstić information content (AvgIpc) is 2.38. The number of halogens is 2. The summed E-state index contributed by atoms with van der Waals surface area (Å²) >= 11 is 5.91. The maximum absolute atomic E-state index is 13.1. The Balaban J connectivity index is 2.31. The van der Waals surface area contributed by atoms with E-state index in [2.05, 4.69) is 4.72 Å². The monoisotopic (exact) mass is 315 g/mol. The summed E-state index contributed by atoms with van der Waals surface area (Å²) in [4.78, 5) is -0.163. The van der Waals surface area contributed by atoms with Gasteiger partial charge >= 0.3 is 0 Å². The third-order valence-corrected chi connectivity index (χ3v) is 4.18. The third kappa shape index (κ3) is 3.20. The molecule has 0 bridgehead atoms. The number of sulfonamides is 1. The van der Waals surface area contributed by atoms with Gasteiger partial charge < -0.3 is 4.74 Å². The maximum atomic E-state index is 13.1. The third-order valence-electron chi connectivity index (χ3n) is 2.51. The molecule has 0 unspecified atom stereocenters. The van der Waals surface area contributed by atoms with Crippen LogP contribution in [-0.2, 0) is 10.0 Å². The first-order chi connectivity index (χ1) is 9.42. The lowest BCUT2D eigenvalue weighted by molar-refractivity contribution is 0.415. The molecule has 0 spiro atoms. The van der Waals surface area contributed by atoms with Crippen molar-refractivity contribution in [2.75, 3.05) is 11.8 Å². The Labute approximate surface area is 121 Å². The molecule has 1 N–H and O–H groups in total. The summed E-state index contributed by atoms with van der Waals surface area (Å²) in [5.41, 5.74) is 0.264. The standard InChI is InChI=1S/C13H11ClFNO3S/c1-19-13-6-5-10(8-12(13)14)16-20(17,18)11-4-2-3-9(15)7-11/h2-8,16H,1H3. The van der Waals surface area contributed by atoms with Crippen molar-refractivity contribution in [1.82, 2.24) is 0 Å². The molecule has 2 aromatic carbocycles. The van der Waals surface area contributed by atoms with E-state index < -0.39 is 15.8 Å². The number of benzene rings is 2. The van der Waals surface area contributed by atoms with Crippen LogP contribution in [0.25, 0.3) is 0 Å². The van der Waals surface area contributed by atoms with E-state index in [9.17, 15) is 12.8 Å². The predicted octanol–water partition coefficient (Wildman–Crippen LogP) is 3.29. The van der Waals surface area contributed by atoms with Gasteiger partial charge in [-0.3, -0.25) is 4.72 Å². The Hall–Kier alpha value is -1.79. The molecule has 0 aliphatic carbocycles. The molecule has 0 aliphatic heterocycles. The lowest BCUT2D eigenvalue weighted by atomic mass is 10.3. The quantitative estimate of drug-likeness (QED) is 0.942. The highest BCUT2D eigenvalue weighted by atomic mass is 35.5. The van der Waals surface area contributed by atoms with Crippen molar-refractivity contribution in [1.29, 1.82) is 0 Å². The van der Waals surface area contributed by atoms with Crippen LogP contribution >= 0.6 is 11.6 Å². The van der Waals surface area contributed by atoms with Gasteiger partial charge in [-0.2, -0.15) is 0 Å². The summed E-state index contributed by atoms with van der Waals surface area (Å²) in [7, 11) is -2.41. The fraction of sp³-hybridized carbons (Fsp3) is 0.0769. The smallest absolute Gasteiger partial charge is 0.261 e. The Bertz CT molecular complexity index is 734. The van der Waals surface area contributed by atoms with Gasteiger partial charge in [-0.15, -0.1) is 0 Å². The van der Waals surface area contributed by atoms with E-state index in [1.807, 2.05) is 0 Å². The van der Waals surface area contributed by atoms with Crippen LogP contribution in [0.15, 0.2) is 47.4 Å². The number of anilines is 1. The highest BCUT2D eigenvalue weighted by Crippen LogP contribution is 2.28. The van der Waals surface area contributed by atoms with Crippen molar-refractivity contribution in [3.8, 4) is 5.75 Å². The van der Waals surface area contributed by atoms with Crippen molar-refractivity contribution in [3.05, 3.63) is 53.3 Å². The number of hydrogen-bond donors (Lipinski definition) is 1. The second kappa shape index (κ2) is 5.68. The Morgan fingerprint density at radius 3 is 2.55 bits per heavy atom. The van der Waals surface area contributed by atoms with Crippen LogP contribution in [0.5, 0.6) is 5.75 Å².